The monoisotopic (exact) mass is 315 g/mol. The first kappa shape index (κ1) is 17.6. The zero-order valence-corrected chi connectivity index (χ0v) is 12.6. The summed E-state index contributed by atoms with van der Waals surface area (Å²) in [4.78, 5) is 10.9. The fraction of sp³-hybridized carbons (Fsp3) is 0.636. The van der Waals surface area contributed by atoms with Gasteiger partial charge in [-0.2, -0.15) is 0 Å². The average molecular weight is 317 g/mol. The van der Waals surface area contributed by atoms with Gasteiger partial charge < -0.3 is 9.47 Å². The summed E-state index contributed by atoms with van der Waals surface area (Å²) in [6, 6.07) is 0. The van der Waals surface area contributed by atoms with E-state index < -0.39 is 9.69 Å². The van der Waals surface area contributed by atoms with E-state index in [4.69, 9.17) is 49.7 Å². The fourth-order valence-electron chi connectivity index (χ4n) is 0.992. The Morgan fingerprint density at radius 1 is 1.39 bits per heavy atom. The van der Waals surface area contributed by atoms with Crippen molar-refractivity contribution in [1.29, 1.82) is 5.41 Å². The minimum atomic E-state index is -1.86. The molecule has 0 aromatic rings. The van der Waals surface area contributed by atoms with Gasteiger partial charge in [-0.3, -0.25) is 10.2 Å². The molecule has 0 radical (unpaired) electrons. The third-order valence-corrected chi connectivity index (χ3v) is 2.38. The summed E-state index contributed by atoms with van der Waals surface area (Å²) in [6.07, 6.45) is 2.95. The van der Waals surface area contributed by atoms with Crippen molar-refractivity contribution in [3.05, 3.63) is 12.2 Å². The van der Waals surface area contributed by atoms with Crippen LogP contribution in [0.25, 0.3) is 0 Å². The Bertz CT molecular complexity index is 324. The molecule has 0 saturated heterocycles. The standard InChI is InChI=1S/C11H16Cl3NO3/c1-7(2)9(18-8(3)16)5-4-6-17-10(15)11(12,13)14/h4-5,7,9,15H,6H2,1-3H3/b5-4-,15-10?/t9-/m1/s1. The van der Waals surface area contributed by atoms with Gasteiger partial charge in [0.15, 0.2) is 0 Å². The molecule has 0 aromatic heterocycles. The molecule has 0 aliphatic heterocycles. The number of carbonyl (C=O) groups is 1. The molecule has 18 heavy (non-hydrogen) atoms. The molecular formula is C11H16Cl3NO3. The Hall–Kier alpha value is -0.450. The summed E-state index contributed by atoms with van der Waals surface area (Å²) in [5.74, 6) is -0.670. The summed E-state index contributed by atoms with van der Waals surface area (Å²) in [6.45, 7) is 5.25. The highest BCUT2D eigenvalue weighted by Gasteiger charge is 2.28. The Labute approximate surface area is 122 Å². The predicted octanol–water partition coefficient (Wildman–Crippen LogP) is 3.49. The van der Waals surface area contributed by atoms with Crippen molar-refractivity contribution >= 4 is 46.7 Å². The van der Waals surface area contributed by atoms with E-state index in [0.717, 1.165) is 0 Å². The van der Waals surface area contributed by atoms with E-state index in [-0.39, 0.29) is 24.6 Å². The van der Waals surface area contributed by atoms with E-state index >= 15 is 0 Å². The average Bonchev–Trinajstić information content (AvgIpc) is 2.19. The van der Waals surface area contributed by atoms with Gasteiger partial charge >= 0.3 is 5.97 Å². The van der Waals surface area contributed by atoms with Gasteiger partial charge in [0.05, 0.1) is 0 Å². The van der Waals surface area contributed by atoms with Crippen LogP contribution in [0.2, 0.25) is 0 Å². The largest absolute Gasteiger partial charge is 0.474 e. The number of esters is 1. The lowest BCUT2D eigenvalue weighted by Gasteiger charge is -2.17. The molecular weight excluding hydrogens is 300 g/mol. The summed E-state index contributed by atoms with van der Waals surface area (Å²) in [5.41, 5.74) is 0. The lowest BCUT2D eigenvalue weighted by Crippen LogP contribution is -2.22. The third kappa shape index (κ3) is 7.80. The van der Waals surface area contributed by atoms with E-state index in [1.807, 2.05) is 13.8 Å². The van der Waals surface area contributed by atoms with E-state index in [2.05, 4.69) is 0 Å². The topological polar surface area (TPSA) is 59.4 Å². The SMILES string of the molecule is CC(=O)O[C@H](/C=C\COC(=N)C(Cl)(Cl)Cl)C(C)C. The Balaban J connectivity index is 4.21. The number of hydrogen-bond acceptors (Lipinski definition) is 4. The highest BCUT2D eigenvalue weighted by Crippen LogP contribution is 2.27. The van der Waals surface area contributed by atoms with Crippen molar-refractivity contribution in [2.45, 2.75) is 30.7 Å². The molecule has 4 nitrogen and oxygen atoms in total. The molecule has 0 aromatic carbocycles. The van der Waals surface area contributed by atoms with E-state index in [0.29, 0.717) is 0 Å². The zero-order chi connectivity index (χ0) is 14.3. The zero-order valence-electron chi connectivity index (χ0n) is 10.4. The van der Waals surface area contributed by atoms with Crippen LogP contribution in [0, 0.1) is 11.3 Å². The van der Waals surface area contributed by atoms with Crippen LogP contribution < -0.4 is 0 Å². The molecule has 0 heterocycles. The first-order valence-corrected chi connectivity index (χ1v) is 6.40. The number of alkyl halides is 3. The smallest absolute Gasteiger partial charge is 0.303 e. The van der Waals surface area contributed by atoms with Crippen molar-refractivity contribution in [1.82, 2.24) is 0 Å². The van der Waals surface area contributed by atoms with Gasteiger partial charge in [0.25, 0.3) is 3.79 Å². The molecule has 7 heteroatoms. The van der Waals surface area contributed by atoms with Gasteiger partial charge in [0, 0.05) is 6.92 Å². The van der Waals surface area contributed by atoms with Gasteiger partial charge in [-0.15, -0.1) is 0 Å². The van der Waals surface area contributed by atoms with E-state index in [1.54, 1.807) is 12.2 Å². The van der Waals surface area contributed by atoms with Crippen molar-refractivity contribution < 1.29 is 14.3 Å². The summed E-state index contributed by atoms with van der Waals surface area (Å²) < 4.78 is 8.11. The number of halogens is 3. The van der Waals surface area contributed by atoms with Crippen molar-refractivity contribution in [3.63, 3.8) is 0 Å². The molecule has 0 rings (SSSR count). The first-order valence-electron chi connectivity index (χ1n) is 5.27. The molecule has 0 bridgehead atoms. The van der Waals surface area contributed by atoms with Crippen LogP contribution >= 0.6 is 34.8 Å². The number of ether oxygens (including phenoxy) is 2. The Kier molecular flexibility index (Phi) is 7.67. The maximum Gasteiger partial charge on any atom is 0.303 e. The number of nitrogens with one attached hydrogen (secondary N) is 1. The molecule has 1 atom stereocenters. The molecule has 104 valence electrons. The molecule has 0 fully saturated rings. The second kappa shape index (κ2) is 7.87. The lowest BCUT2D eigenvalue weighted by atomic mass is 10.1. The lowest BCUT2D eigenvalue weighted by molar-refractivity contribution is -0.145. The number of hydrogen-bond donors (Lipinski definition) is 1. The molecule has 0 spiro atoms. The molecule has 0 saturated carbocycles. The van der Waals surface area contributed by atoms with Gasteiger partial charge in [-0.05, 0) is 18.1 Å². The molecule has 0 unspecified atom stereocenters. The van der Waals surface area contributed by atoms with Crippen LogP contribution in [-0.2, 0) is 14.3 Å². The van der Waals surface area contributed by atoms with Gasteiger partial charge in [-0.25, -0.2) is 0 Å². The molecule has 1 N–H and O–H groups in total. The van der Waals surface area contributed by atoms with Crippen molar-refractivity contribution in [2.24, 2.45) is 5.92 Å². The Morgan fingerprint density at radius 2 is 1.94 bits per heavy atom. The highest BCUT2D eigenvalue weighted by atomic mass is 35.6. The second-order valence-electron chi connectivity index (χ2n) is 3.88. The van der Waals surface area contributed by atoms with Crippen molar-refractivity contribution in [2.75, 3.05) is 6.61 Å². The molecule has 0 aliphatic rings. The fourth-order valence-corrected chi connectivity index (χ4v) is 1.16. The quantitative estimate of drug-likeness (QED) is 0.278. The summed E-state index contributed by atoms with van der Waals surface area (Å²) in [7, 11) is 0. The normalized spacial score (nSPS) is 13.7. The van der Waals surface area contributed by atoms with Crippen LogP contribution in [0.3, 0.4) is 0 Å². The maximum atomic E-state index is 10.9. The maximum absolute atomic E-state index is 10.9. The first-order chi connectivity index (χ1) is 8.14. The predicted molar refractivity (Wildman–Crippen MR) is 73.5 cm³/mol. The van der Waals surface area contributed by atoms with E-state index in [9.17, 15) is 4.79 Å². The van der Waals surface area contributed by atoms with Crippen LogP contribution in [0.4, 0.5) is 0 Å². The molecule has 0 amide bonds. The van der Waals surface area contributed by atoms with Crippen LogP contribution in [0.15, 0.2) is 12.2 Å². The highest BCUT2D eigenvalue weighted by molar-refractivity contribution is 6.76. The number of carbonyl (C=O) groups excluding carboxylic acids is 1. The van der Waals surface area contributed by atoms with Gasteiger partial charge in [0.2, 0.25) is 5.90 Å². The number of rotatable bonds is 5. The van der Waals surface area contributed by atoms with Crippen LogP contribution in [0.5, 0.6) is 0 Å². The van der Waals surface area contributed by atoms with E-state index in [1.165, 1.54) is 6.92 Å². The minimum Gasteiger partial charge on any atom is -0.474 e. The summed E-state index contributed by atoms with van der Waals surface area (Å²) >= 11 is 16.3. The second-order valence-corrected chi connectivity index (χ2v) is 6.17. The third-order valence-electron chi connectivity index (χ3n) is 1.87. The molecule has 0 aliphatic carbocycles. The van der Waals surface area contributed by atoms with Crippen molar-refractivity contribution in [3.8, 4) is 0 Å². The minimum absolute atomic E-state index is 0.0667. The van der Waals surface area contributed by atoms with Gasteiger partial charge in [-0.1, -0.05) is 48.7 Å². The Morgan fingerprint density at radius 3 is 2.33 bits per heavy atom. The van der Waals surface area contributed by atoms with Crippen LogP contribution in [-0.4, -0.2) is 28.4 Å². The van der Waals surface area contributed by atoms with Crippen LogP contribution in [0.1, 0.15) is 20.8 Å². The van der Waals surface area contributed by atoms with Gasteiger partial charge in [0.1, 0.15) is 12.7 Å². The summed E-state index contributed by atoms with van der Waals surface area (Å²) in [5, 5.41) is 7.29.